The number of H-pyrrole nitrogens is 1. The number of nitrogens with one attached hydrogen (secondary N) is 2. The summed E-state index contributed by atoms with van der Waals surface area (Å²) in [5, 5.41) is 3.50. The van der Waals surface area contributed by atoms with E-state index >= 15 is 0 Å². The third-order valence-corrected chi connectivity index (χ3v) is 3.70. The standard InChI is InChI=1S/C15H27N3/c1-15(2,3)17-11-13-10-16-14(18-13)12-8-6-4-5-7-9-12/h10,12,17H,4-9,11H2,1-3H3,(H,16,18). The number of aromatic nitrogens is 2. The molecule has 1 heterocycles. The van der Waals surface area contributed by atoms with Crippen LogP contribution in [0.25, 0.3) is 0 Å². The maximum absolute atomic E-state index is 4.59. The Morgan fingerprint density at radius 1 is 1.22 bits per heavy atom. The van der Waals surface area contributed by atoms with Gasteiger partial charge in [0.1, 0.15) is 5.82 Å². The minimum Gasteiger partial charge on any atom is -0.345 e. The first-order valence-corrected chi connectivity index (χ1v) is 7.33. The fourth-order valence-electron chi connectivity index (χ4n) is 2.59. The zero-order chi connectivity index (χ0) is 13.0. The molecular weight excluding hydrogens is 222 g/mol. The smallest absolute Gasteiger partial charge is 0.109 e. The molecule has 0 radical (unpaired) electrons. The van der Waals surface area contributed by atoms with Crippen LogP contribution in [0.1, 0.15) is 76.7 Å². The number of nitrogens with zero attached hydrogens (tertiary/aromatic N) is 1. The summed E-state index contributed by atoms with van der Waals surface area (Å²) in [6, 6.07) is 0. The van der Waals surface area contributed by atoms with E-state index in [0.717, 1.165) is 6.54 Å². The average molecular weight is 249 g/mol. The van der Waals surface area contributed by atoms with E-state index in [2.05, 4.69) is 36.1 Å². The minimum absolute atomic E-state index is 0.160. The van der Waals surface area contributed by atoms with Crippen molar-refractivity contribution in [3.8, 4) is 0 Å². The molecule has 1 aromatic rings. The van der Waals surface area contributed by atoms with Crippen molar-refractivity contribution in [3.63, 3.8) is 0 Å². The van der Waals surface area contributed by atoms with Crippen LogP contribution in [0.15, 0.2) is 6.20 Å². The Kier molecular flexibility index (Phi) is 4.44. The zero-order valence-electron chi connectivity index (χ0n) is 12.1. The van der Waals surface area contributed by atoms with Crippen molar-refractivity contribution in [2.45, 2.75) is 77.3 Å². The number of aromatic amines is 1. The van der Waals surface area contributed by atoms with Crippen molar-refractivity contribution < 1.29 is 0 Å². The van der Waals surface area contributed by atoms with Crippen LogP contribution >= 0.6 is 0 Å². The molecule has 0 amide bonds. The van der Waals surface area contributed by atoms with Crippen LogP contribution in [0, 0.1) is 0 Å². The van der Waals surface area contributed by atoms with Gasteiger partial charge in [-0.25, -0.2) is 4.98 Å². The first-order valence-electron chi connectivity index (χ1n) is 7.33. The molecule has 0 unspecified atom stereocenters. The summed E-state index contributed by atoms with van der Waals surface area (Å²) in [4.78, 5) is 8.10. The van der Waals surface area contributed by atoms with E-state index in [4.69, 9.17) is 0 Å². The molecule has 1 saturated carbocycles. The highest BCUT2D eigenvalue weighted by atomic mass is 15.0. The van der Waals surface area contributed by atoms with Gasteiger partial charge in [-0.15, -0.1) is 0 Å². The first-order chi connectivity index (χ1) is 8.54. The Morgan fingerprint density at radius 3 is 2.50 bits per heavy atom. The van der Waals surface area contributed by atoms with Gasteiger partial charge in [0.05, 0.1) is 0 Å². The summed E-state index contributed by atoms with van der Waals surface area (Å²) >= 11 is 0. The molecule has 2 rings (SSSR count). The van der Waals surface area contributed by atoms with E-state index in [1.54, 1.807) is 0 Å². The lowest BCUT2D eigenvalue weighted by atomic mass is 10.00. The van der Waals surface area contributed by atoms with E-state index in [1.165, 1.54) is 50.0 Å². The topological polar surface area (TPSA) is 40.7 Å². The second-order valence-corrected chi connectivity index (χ2v) is 6.59. The van der Waals surface area contributed by atoms with Gasteiger partial charge in [0, 0.05) is 29.9 Å². The second-order valence-electron chi connectivity index (χ2n) is 6.59. The van der Waals surface area contributed by atoms with Gasteiger partial charge < -0.3 is 10.3 Å². The molecule has 0 bridgehead atoms. The highest BCUT2D eigenvalue weighted by Crippen LogP contribution is 2.29. The van der Waals surface area contributed by atoms with Crippen LogP contribution < -0.4 is 5.32 Å². The molecule has 0 spiro atoms. The van der Waals surface area contributed by atoms with E-state index in [9.17, 15) is 0 Å². The van der Waals surface area contributed by atoms with Gasteiger partial charge in [0.2, 0.25) is 0 Å². The monoisotopic (exact) mass is 249 g/mol. The van der Waals surface area contributed by atoms with Crippen LogP contribution in [0.4, 0.5) is 0 Å². The van der Waals surface area contributed by atoms with Crippen molar-refractivity contribution in [2.75, 3.05) is 0 Å². The lowest BCUT2D eigenvalue weighted by molar-refractivity contribution is 0.421. The van der Waals surface area contributed by atoms with Crippen LogP contribution in [-0.4, -0.2) is 15.5 Å². The number of hydrogen-bond donors (Lipinski definition) is 2. The molecule has 1 aliphatic rings. The van der Waals surface area contributed by atoms with Gasteiger partial charge in [-0.05, 0) is 33.6 Å². The third-order valence-electron chi connectivity index (χ3n) is 3.70. The summed E-state index contributed by atoms with van der Waals surface area (Å²) < 4.78 is 0. The Labute approximate surface area is 111 Å². The van der Waals surface area contributed by atoms with Crippen LogP contribution in [-0.2, 0) is 6.54 Å². The Bertz CT molecular complexity index is 354. The summed E-state index contributed by atoms with van der Waals surface area (Å²) in [6.07, 6.45) is 10.1. The predicted molar refractivity (Wildman–Crippen MR) is 75.6 cm³/mol. The number of rotatable bonds is 3. The van der Waals surface area contributed by atoms with Gasteiger partial charge in [-0.2, -0.15) is 0 Å². The predicted octanol–water partition coefficient (Wildman–Crippen LogP) is 3.74. The lowest BCUT2D eigenvalue weighted by Crippen LogP contribution is -2.35. The summed E-state index contributed by atoms with van der Waals surface area (Å²) in [6.45, 7) is 7.45. The quantitative estimate of drug-likeness (QED) is 0.801. The molecule has 18 heavy (non-hydrogen) atoms. The molecule has 3 nitrogen and oxygen atoms in total. The van der Waals surface area contributed by atoms with Gasteiger partial charge in [0.25, 0.3) is 0 Å². The number of hydrogen-bond acceptors (Lipinski definition) is 2. The van der Waals surface area contributed by atoms with E-state index in [0.29, 0.717) is 5.92 Å². The van der Waals surface area contributed by atoms with Crippen molar-refractivity contribution >= 4 is 0 Å². The maximum atomic E-state index is 4.59. The largest absolute Gasteiger partial charge is 0.345 e. The summed E-state index contributed by atoms with van der Waals surface area (Å²) in [5.74, 6) is 1.87. The van der Waals surface area contributed by atoms with Gasteiger partial charge in [-0.1, -0.05) is 25.7 Å². The molecule has 1 fully saturated rings. The normalized spacial score (nSPS) is 18.8. The maximum Gasteiger partial charge on any atom is 0.109 e. The molecule has 0 aromatic carbocycles. The molecule has 2 N–H and O–H groups in total. The van der Waals surface area contributed by atoms with Crippen molar-refractivity contribution in [1.29, 1.82) is 0 Å². The first kappa shape index (κ1) is 13.6. The highest BCUT2D eigenvalue weighted by Gasteiger charge is 2.17. The van der Waals surface area contributed by atoms with Gasteiger partial charge in [0.15, 0.2) is 0 Å². The Morgan fingerprint density at radius 2 is 1.89 bits per heavy atom. The third kappa shape index (κ3) is 4.13. The zero-order valence-corrected chi connectivity index (χ0v) is 12.1. The molecule has 3 heteroatoms. The molecule has 0 saturated heterocycles. The minimum atomic E-state index is 0.160. The summed E-state index contributed by atoms with van der Waals surface area (Å²) in [7, 11) is 0. The average Bonchev–Trinajstić information content (AvgIpc) is 2.60. The molecule has 0 atom stereocenters. The lowest BCUT2D eigenvalue weighted by Gasteiger charge is -2.19. The van der Waals surface area contributed by atoms with Gasteiger partial charge >= 0.3 is 0 Å². The fourth-order valence-corrected chi connectivity index (χ4v) is 2.59. The number of imidazole rings is 1. The fraction of sp³-hybridized carbons (Fsp3) is 0.800. The molecule has 102 valence electrons. The highest BCUT2D eigenvalue weighted by molar-refractivity contribution is 5.06. The molecule has 1 aromatic heterocycles. The second kappa shape index (κ2) is 5.87. The Balaban J connectivity index is 1.92. The molecule has 0 aliphatic heterocycles. The van der Waals surface area contributed by atoms with Gasteiger partial charge in [-0.3, -0.25) is 0 Å². The van der Waals surface area contributed by atoms with E-state index in [-0.39, 0.29) is 5.54 Å². The van der Waals surface area contributed by atoms with Crippen molar-refractivity contribution in [1.82, 2.24) is 15.3 Å². The molecule has 1 aliphatic carbocycles. The van der Waals surface area contributed by atoms with E-state index < -0.39 is 0 Å². The van der Waals surface area contributed by atoms with Crippen molar-refractivity contribution in [3.05, 3.63) is 17.7 Å². The van der Waals surface area contributed by atoms with Crippen LogP contribution in [0.2, 0.25) is 0 Å². The van der Waals surface area contributed by atoms with Crippen LogP contribution in [0.3, 0.4) is 0 Å². The summed E-state index contributed by atoms with van der Waals surface area (Å²) in [5.41, 5.74) is 1.37. The Hall–Kier alpha value is -0.830. The van der Waals surface area contributed by atoms with Crippen LogP contribution in [0.5, 0.6) is 0 Å². The SMILES string of the molecule is CC(C)(C)NCc1cnc(C2CCCCCC2)[nH]1. The van der Waals surface area contributed by atoms with Crippen molar-refractivity contribution in [2.24, 2.45) is 0 Å². The van der Waals surface area contributed by atoms with E-state index in [1.807, 2.05) is 6.20 Å². The molecular formula is C15H27N3.